The molecule has 12 rings (SSSR count). The molecular weight excluding hydrogens is 753 g/mol. The second-order valence-corrected chi connectivity index (χ2v) is 21.1. The van der Waals surface area contributed by atoms with Crippen LogP contribution in [0.4, 0.5) is 17.2 Å². The van der Waals surface area contributed by atoms with Gasteiger partial charge in [0.1, 0.15) is 11.5 Å². The maximum absolute atomic E-state index is 5.06. The molecule has 4 nitrogen and oxygen atoms in total. The number of anilines is 3. The molecule has 0 N–H and O–H groups in total. The zero-order chi connectivity index (χ0) is 39.3. The van der Waals surface area contributed by atoms with Crippen molar-refractivity contribution in [2.45, 2.75) is 19.3 Å². The van der Waals surface area contributed by atoms with Crippen molar-refractivity contribution >= 4 is 105 Å². The molecule has 1 aliphatic heterocycles. The fraction of sp³-hybridized carbons (Fsp3) is 0.0566. The smallest absolute Gasteiger partial charge is 0.179 e. The van der Waals surface area contributed by atoms with Gasteiger partial charge in [-0.25, -0.2) is 9.97 Å². The number of imidazole rings is 1. The van der Waals surface area contributed by atoms with Crippen molar-refractivity contribution in [1.29, 1.82) is 0 Å². The van der Waals surface area contributed by atoms with Crippen LogP contribution in [0.15, 0.2) is 195 Å². The summed E-state index contributed by atoms with van der Waals surface area (Å²) in [5.41, 5.74) is 6.80. The Balaban J connectivity index is 1.19. The van der Waals surface area contributed by atoms with E-state index in [0.29, 0.717) is 0 Å². The van der Waals surface area contributed by atoms with Gasteiger partial charge in [-0.15, -0.1) is 11.3 Å². The lowest BCUT2D eigenvalue weighted by Crippen LogP contribution is -2.74. The van der Waals surface area contributed by atoms with Gasteiger partial charge in [-0.2, -0.15) is 0 Å². The summed E-state index contributed by atoms with van der Waals surface area (Å²) in [6.45, 7) is 4.78. The van der Waals surface area contributed by atoms with Gasteiger partial charge in [0.2, 0.25) is 0 Å². The number of rotatable bonds is 5. The Kier molecular flexibility index (Phi) is 7.43. The van der Waals surface area contributed by atoms with E-state index in [1.54, 1.807) is 0 Å². The molecule has 0 saturated heterocycles. The van der Waals surface area contributed by atoms with Gasteiger partial charge in [-0.3, -0.25) is 9.30 Å². The van der Waals surface area contributed by atoms with Crippen LogP contribution in [-0.4, -0.2) is 22.4 Å². The maximum atomic E-state index is 5.06. The Morgan fingerprint density at radius 1 is 0.475 bits per heavy atom. The van der Waals surface area contributed by atoms with E-state index >= 15 is 0 Å². The van der Waals surface area contributed by atoms with Gasteiger partial charge in [0.25, 0.3) is 0 Å². The standard InChI is InChI=1S/C53H38N4SSi/c1-53(2)44-27-25-38(32-47(44)57(51-23-13-14-28-54-51)48-33-42-41-20-10-12-22-49(41)58-50(42)34-45(48)53)59(35-15-5-3-6-16-35,36-17-7-4-8-18-36)37-24-26-39-40-19-9-11-21-46(40)56-30-29-55-52(56)43(39)31-37/h3-34H,1-2H3. The van der Waals surface area contributed by atoms with E-state index in [9.17, 15) is 0 Å². The van der Waals surface area contributed by atoms with E-state index in [4.69, 9.17) is 9.97 Å². The first-order valence-corrected chi connectivity index (χ1v) is 23.0. The number of nitrogens with zero attached hydrogens (tertiary/aromatic N) is 4. The van der Waals surface area contributed by atoms with E-state index in [1.165, 1.54) is 74.2 Å². The quantitative estimate of drug-likeness (QED) is 0.0989. The minimum atomic E-state index is -3.03. The molecular formula is C53H38N4SSi. The van der Waals surface area contributed by atoms with E-state index in [1.807, 2.05) is 29.8 Å². The molecule has 0 radical (unpaired) electrons. The molecule has 0 amide bonds. The number of benzene rings is 7. The number of hydrogen-bond acceptors (Lipinski definition) is 4. The normalized spacial score (nSPS) is 13.7. The lowest BCUT2D eigenvalue weighted by molar-refractivity contribution is 0.633. The number of para-hydroxylation sites is 1. The number of thiophene rings is 1. The van der Waals surface area contributed by atoms with Crippen LogP contribution in [0.3, 0.4) is 0 Å². The third-order valence-corrected chi connectivity index (χ3v) is 18.7. The van der Waals surface area contributed by atoms with E-state index in [-0.39, 0.29) is 5.41 Å². The number of fused-ring (bicyclic) bond motifs is 11. The molecule has 0 spiro atoms. The van der Waals surface area contributed by atoms with Gasteiger partial charge < -0.3 is 0 Å². The molecule has 0 fully saturated rings. The zero-order valence-electron chi connectivity index (χ0n) is 32.7. The van der Waals surface area contributed by atoms with Crippen LogP contribution in [0.1, 0.15) is 25.0 Å². The minimum absolute atomic E-state index is 0.279. The summed E-state index contributed by atoms with van der Waals surface area (Å²) < 4.78 is 4.87. The van der Waals surface area contributed by atoms with E-state index in [0.717, 1.165) is 22.4 Å². The maximum Gasteiger partial charge on any atom is 0.179 e. The Morgan fingerprint density at radius 2 is 1.15 bits per heavy atom. The van der Waals surface area contributed by atoms with Gasteiger partial charge in [0, 0.05) is 55.0 Å². The van der Waals surface area contributed by atoms with Crippen LogP contribution in [0.5, 0.6) is 0 Å². The third-order valence-electron chi connectivity index (χ3n) is 12.8. The van der Waals surface area contributed by atoms with Gasteiger partial charge in [-0.1, -0.05) is 147 Å². The average molecular weight is 791 g/mol. The fourth-order valence-electron chi connectivity index (χ4n) is 10.1. The predicted octanol–water partition coefficient (Wildman–Crippen LogP) is 10.9. The largest absolute Gasteiger partial charge is 0.299 e. The summed E-state index contributed by atoms with van der Waals surface area (Å²) in [5.74, 6) is 0.910. The molecule has 11 aromatic rings. The predicted molar refractivity (Wildman–Crippen MR) is 251 cm³/mol. The Labute approximate surface area is 347 Å². The Bertz CT molecular complexity index is 3390. The monoisotopic (exact) mass is 790 g/mol. The second-order valence-electron chi connectivity index (χ2n) is 16.2. The van der Waals surface area contributed by atoms with Crippen molar-refractivity contribution in [3.05, 3.63) is 206 Å². The van der Waals surface area contributed by atoms with Crippen LogP contribution < -0.4 is 25.6 Å². The van der Waals surface area contributed by atoms with Gasteiger partial charge in [0.15, 0.2) is 8.07 Å². The first-order valence-electron chi connectivity index (χ1n) is 20.2. The highest BCUT2D eigenvalue weighted by Gasteiger charge is 2.44. The zero-order valence-corrected chi connectivity index (χ0v) is 34.5. The molecule has 1 aliphatic rings. The van der Waals surface area contributed by atoms with Crippen LogP contribution in [0, 0.1) is 0 Å². The van der Waals surface area contributed by atoms with Crippen molar-refractivity contribution < 1.29 is 0 Å². The lowest BCUT2D eigenvalue weighted by Gasteiger charge is -2.43. The SMILES string of the molecule is CC1(C)c2ccc([Si](c3ccccc3)(c3ccccc3)c3ccc4c5ccccc5n5ccnc5c4c3)cc2N(c2ccccn2)c2cc3c(cc21)sc1ccccc13. The Hall–Kier alpha value is -6.86. The fourth-order valence-corrected chi connectivity index (χ4v) is 16.0. The summed E-state index contributed by atoms with van der Waals surface area (Å²) in [5, 5.41) is 11.5. The summed E-state index contributed by atoms with van der Waals surface area (Å²) >= 11 is 1.88. The lowest BCUT2D eigenvalue weighted by atomic mass is 9.73. The molecule has 280 valence electrons. The van der Waals surface area contributed by atoms with Gasteiger partial charge >= 0.3 is 0 Å². The van der Waals surface area contributed by atoms with Gasteiger partial charge in [0.05, 0.1) is 16.9 Å². The second kappa shape index (κ2) is 12.8. The molecule has 4 aromatic heterocycles. The third kappa shape index (κ3) is 4.88. The highest BCUT2D eigenvalue weighted by atomic mass is 32.1. The molecule has 0 saturated carbocycles. The highest BCUT2D eigenvalue weighted by molar-refractivity contribution is 7.25. The number of pyridine rings is 2. The van der Waals surface area contributed by atoms with Crippen LogP contribution in [0.25, 0.3) is 47.5 Å². The number of hydrogen-bond donors (Lipinski definition) is 0. The molecule has 6 heteroatoms. The van der Waals surface area contributed by atoms with Crippen molar-refractivity contribution in [1.82, 2.24) is 14.4 Å². The molecule has 7 aromatic carbocycles. The summed E-state index contributed by atoms with van der Waals surface area (Å²) in [7, 11) is -3.03. The average Bonchev–Trinajstić information content (AvgIpc) is 3.93. The summed E-state index contributed by atoms with van der Waals surface area (Å²) in [4.78, 5) is 12.5. The van der Waals surface area contributed by atoms with Crippen LogP contribution >= 0.6 is 11.3 Å². The molecule has 0 aliphatic carbocycles. The van der Waals surface area contributed by atoms with Crippen molar-refractivity contribution in [3.8, 4) is 0 Å². The number of aromatic nitrogens is 3. The van der Waals surface area contributed by atoms with Crippen LogP contribution in [0.2, 0.25) is 0 Å². The summed E-state index contributed by atoms with van der Waals surface area (Å²) in [6, 6.07) is 65.7. The molecule has 0 bridgehead atoms. The summed E-state index contributed by atoms with van der Waals surface area (Å²) in [6.07, 6.45) is 5.93. The van der Waals surface area contributed by atoms with E-state index < -0.39 is 8.07 Å². The van der Waals surface area contributed by atoms with Crippen molar-refractivity contribution in [2.24, 2.45) is 0 Å². The van der Waals surface area contributed by atoms with Crippen molar-refractivity contribution in [2.75, 3.05) is 4.90 Å². The van der Waals surface area contributed by atoms with Gasteiger partial charge in [-0.05, 0) is 79.7 Å². The molecule has 5 heterocycles. The van der Waals surface area contributed by atoms with E-state index in [2.05, 4.69) is 199 Å². The molecule has 59 heavy (non-hydrogen) atoms. The Morgan fingerprint density at radius 3 is 1.93 bits per heavy atom. The molecule has 0 atom stereocenters. The topological polar surface area (TPSA) is 33.4 Å². The highest BCUT2D eigenvalue weighted by Crippen LogP contribution is 2.53. The van der Waals surface area contributed by atoms with Crippen LogP contribution in [-0.2, 0) is 5.41 Å². The minimum Gasteiger partial charge on any atom is -0.299 e. The first kappa shape index (κ1) is 34.2. The van der Waals surface area contributed by atoms with Crippen molar-refractivity contribution in [3.63, 3.8) is 0 Å². The molecule has 0 unspecified atom stereocenters. The first-order chi connectivity index (χ1) is 29.0.